The number of anilines is 2. The van der Waals surface area contributed by atoms with Gasteiger partial charge in [-0.05, 0) is 81.5 Å². The number of H-pyrrole nitrogens is 1. The lowest BCUT2D eigenvalue weighted by molar-refractivity contribution is 0.102. The number of hydrogen-bond acceptors (Lipinski definition) is 4. The van der Waals surface area contributed by atoms with E-state index in [2.05, 4.69) is 49.5 Å². The molecular weight excluding hydrogens is 496 g/mol. The predicted molar refractivity (Wildman–Crippen MR) is 154 cm³/mol. The van der Waals surface area contributed by atoms with Crippen LogP contribution in [0.2, 0.25) is 5.02 Å². The molecule has 0 radical (unpaired) electrons. The number of hydrogen-bond donors (Lipinski definition) is 3. The highest BCUT2D eigenvalue weighted by Gasteiger charge is 2.17. The molecular formula is C30H29ClN6O. The fourth-order valence-corrected chi connectivity index (χ4v) is 5.25. The number of aromatic nitrogens is 3. The Bertz CT molecular complexity index is 1580. The third-order valence-electron chi connectivity index (χ3n) is 7.14. The molecule has 1 amide bonds. The Balaban J connectivity index is 1.18. The normalized spacial score (nSPS) is 14.6. The van der Waals surface area contributed by atoms with Crippen molar-refractivity contribution in [2.75, 3.05) is 30.8 Å². The molecule has 1 aliphatic heterocycles. The van der Waals surface area contributed by atoms with E-state index in [1.165, 1.54) is 0 Å². The van der Waals surface area contributed by atoms with Gasteiger partial charge in [0.15, 0.2) is 0 Å². The number of aromatic amines is 1. The second kappa shape index (κ2) is 10.4. The van der Waals surface area contributed by atoms with Crippen LogP contribution in [-0.2, 0) is 0 Å². The number of piperidine rings is 1. The Morgan fingerprint density at radius 2 is 1.79 bits per heavy atom. The Morgan fingerprint density at radius 1 is 1.00 bits per heavy atom. The van der Waals surface area contributed by atoms with Crippen molar-refractivity contribution in [3.05, 3.63) is 95.6 Å². The van der Waals surface area contributed by atoms with Gasteiger partial charge < -0.3 is 20.1 Å². The van der Waals surface area contributed by atoms with E-state index >= 15 is 0 Å². The minimum atomic E-state index is -0.188. The Kier molecular flexibility index (Phi) is 6.62. The summed E-state index contributed by atoms with van der Waals surface area (Å²) in [7, 11) is 2.16. The fourth-order valence-electron chi connectivity index (χ4n) is 5.07. The Morgan fingerprint density at radius 3 is 2.58 bits per heavy atom. The molecule has 1 fully saturated rings. The topological polar surface area (TPSA) is 78.0 Å². The summed E-state index contributed by atoms with van der Waals surface area (Å²) in [6, 6.07) is 25.9. The number of likely N-dealkylation sites (tertiary alicyclic amines) is 1. The quantitative estimate of drug-likeness (QED) is 0.239. The van der Waals surface area contributed by atoms with Gasteiger partial charge in [0.1, 0.15) is 5.82 Å². The summed E-state index contributed by atoms with van der Waals surface area (Å²) < 4.78 is 2.10. The monoisotopic (exact) mass is 524 g/mol. The molecule has 3 aromatic carbocycles. The van der Waals surface area contributed by atoms with Crippen LogP contribution in [0.5, 0.6) is 0 Å². The molecule has 3 heterocycles. The maximum atomic E-state index is 12.9. The Labute approximate surface area is 226 Å². The average Bonchev–Trinajstić information content (AvgIpc) is 3.58. The van der Waals surface area contributed by atoms with Gasteiger partial charge in [0, 0.05) is 51.2 Å². The number of amides is 1. The van der Waals surface area contributed by atoms with Crippen LogP contribution in [0.15, 0.2) is 85.1 Å². The molecule has 192 valence electrons. The summed E-state index contributed by atoms with van der Waals surface area (Å²) in [6.45, 7) is 2.20. The minimum Gasteiger partial charge on any atom is -0.382 e. The van der Waals surface area contributed by atoms with Gasteiger partial charge in [-0.2, -0.15) is 5.10 Å². The first kappa shape index (κ1) is 24.3. The smallest absolute Gasteiger partial charge is 0.256 e. The summed E-state index contributed by atoms with van der Waals surface area (Å²) >= 11 is 6.25. The summed E-state index contributed by atoms with van der Waals surface area (Å²) in [6.07, 6.45) is 4.28. The van der Waals surface area contributed by atoms with Crippen LogP contribution in [-0.4, -0.2) is 51.8 Å². The SMILES string of the molecule is CN1CCC(Nc2ccc(C(=O)Nc3cc(-c4cccc5ccn(-c6cccc(Cl)c6)c45)n[nH]3)cc2)CC1. The van der Waals surface area contributed by atoms with Crippen molar-refractivity contribution >= 4 is 39.9 Å². The van der Waals surface area contributed by atoms with Crippen molar-refractivity contribution in [3.63, 3.8) is 0 Å². The lowest BCUT2D eigenvalue weighted by atomic mass is 10.0. The zero-order valence-corrected chi connectivity index (χ0v) is 21.9. The maximum Gasteiger partial charge on any atom is 0.256 e. The van der Waals surface area contributed by atoms with Crippen LogP contribution in [0.25, 0.3) is 27.8 Å². The van der Waals surface area contributed by atoms with Crippen LogP contribution in [0.4, 0.5) is 11.5 Å². The molecule has 0 unspecified atom stereocenters. The molecule has 0 bridgehead atoms. The van der Waals surface area contributed by atoms with E-state index in [9.17, 15) is 4.79 Å². The zero-order chi connectivity index (χ0) is 26.1. The molecule has 1 aliphatic rings. The number of benzene rings is 3. The highest BCUT2D eigenvalue weighted by atomic mass is 35.5. The molecule has 7 nitrogen and oxygen atoms in total. The van der Waals surface area contributed by atoms with E-state index in [0.29, 0.717) is 22.4 Å². The largest absolute Gasteiger partial charge is 0.382 e. The summed E-state index contributed by atoms with van der Waals surface area (Å²) in [5.41, 5.74) is 5.31. The van der Waals surface area contributed by atoms with Crippen LogP contribution in [0.1, 0.15) is 23.2 Å². The third kappa shape index (κ3) is 5.03. The van der Waals surface area contributed by atoms with Gasteiger partial charge >= 0.3 is 0 Å². The van der Waals surface area contributed by atoms with Crippen LogP contribution in [0, 0.1) is 0 Å². The molecule has 0 aliphatic carbocycles. The standard InChI is InChI=1S/C30H29ClN6O/c1-36-15-13-24(14-16-36)32-23-10-8-21(9-11-23)30(38)33-28-19-27(34-35-28)26-7-2-4-20-12-17-37(29(20)26)25-6-3-5-22(31)18-25/h2-12,17-19,24,32H,13-16H2,1H3,(H2,33,34,35,38). The molecule has 1 saturated heterocycles. The number of rotatable bonds is 6. The number of carbonyl (C=O) groups is 1. The molecule has 6 rings (SSSR count). The van der Waals surface area contributed by atoms with E-state index < -0.39 is 0 Å². The van der Waals surface area contributed by atoms with E-state index in [-0.39, 0.29) is 5.91 Å². The van der Waals surface area contributed by atoms with Gasteiger partial charge in [-0.1, -0.05) is 35.9 Å². The third-order valence-corrected chi connectivity index (χ3v) is 7.37. The van der Waals surface area contributed by atoms with Gasteiger partial charge in [-0.25, -0.2) is 0 Å². The molecule has 8 heteroatoms. The first-order valence-electron chi connectivity index (χ1n) is 12.8. The van der Waals surface area contributed by atoms with Gasteiger partial charge in [0.2, 0.25) is 0 Å². The van der Waals surface area contributed by atoms with Crippen LogP contribution in [0.3, 0.4) is 0 Å². The van der Waals surface area contributed by atoms with Crippen LogP contribution >= 0.6 is 11.6 Å². The van der Waals surface area contributed by atoms with Crippen molar-refractivity contribution < 1.29 is 4.79 Å². The number of nitrogens with one attached hydrogen (secondary N) is 3. The molecule has 2 aromatic heterocycles. The van der Waals surface area contributed by atoms with Gasteiger partial charge in [0.05, 0.1) is 11.2 Å². The summed E-state index contributed by atoms with van der Waals surface area (Å²) in [4.78, 5) is 15.3. The average molecular weight is 525 g/mol. The molecule has 0 spiro atoms. The van der Waals surface area contributed by atoms with Gasteiger partial charge in [-0.15, -0.1) is 0 Å². The molecule has 0 atom stereocenters. The fraction of sp³-hybridized carbons (Fsp3) is 0.200. The second-order valence-electron chi connectivity index (χ2n) is 9.83. The molecule has 38 heavy (non-hydrogen) atoms. The molecule has 3 N–H and O–H groups in total. The summed E-state index contributed by atoms with van der Waals surface area (Å²) in [5, 5.41) is 15.8. The Hall–Kier alpha value is -4.07. The molecule has 0 saturated carbocycles. The van der Waals surface area contributed by atoms with Gasteiger partial charge in [0.25, 0.3) is 5.91 Å². The number of nitrogens with zero attached hydrogens (tertiary/aromatic N) is 3. The number of fused-ring (bicyclic) bond motifs is 1. The lowest BCUT2D eigenvalue weighted by Crippen LogP contribution is -2.36. The van der Waals surface area contributed by atoms with E-state index in [4.69, 9.17) is 11.6 Å². The highest BCUT2D eigenvalue weighted by molar-refractivity contribution is 6.30. The van der Waals surface area contributed by atoms with Crippen molar-refractivity contribution in [1.29, 1.82) is 0 Å². The molecule has 5 aromatic rings. The second-order valence-corrected chi connectivity index (χ2v) is 10.3. The van der Waals surface area contributed by atoms with E-state index in [0.717, 1.165) is 59.5 Å². The predicted octanol–water partition coefficient (Wildman–Crippen LogP) is 6.43. The first-order chi connectivity index (χ1) is 18.5. The van der Waals surface area contributed by atoms with E-state index in [1.807, 2.05) is 72.9 Å². The lowest BCUT2D eigenvalue weighted by Gasteiger charge is -2.30. The van der Waals surface area contributed by atoms with Crippen molar-refractivity contribution in [3.8, 4) is 16.9 Å². The number of para-hydroxylation sites is 1. The highest BCUT2D eigenvalue weighted by Crippen LogP contribution is 2.32. The van der Waals surface area contributed by atoms with E-state index in [1.54, 1.807) is 0 Å². The summed E-state index contributed by atoms with van der Waals surface area (Å²) in [5.74, 6) is 0.350. The first-order valence-corrected chi connectivity index (χ1v) is 13.2. The number of halogens is 1. The van der Waals surface area contributed by atoms with Crippen molar-refractivity contribution in [1.82, 2.24) is 19.7 Å². The van der Waals surface area contributed by atoms with Crippen molar-refractivity contribution in [2.45, 2.75) is 18.9 Å². The van der Waals surface area contributed by atoms with Crippen molar-refractivity contribution in [2.24, 2.45) is 0 Å². The zero-order valence-electron chi connectivity index (χ0n) is 21.1. The maximum absolute atomic E-state index is 12.9. The van der Waals surface area contributed by atoms with Gasteiger partial charge in [-0.3, -0.25) is 9.89 Å². The number of carbonyl (C=O) groups excluding carboxylic acids is 1. The van der Waals surface area contributed by atoms with Crippen LogP contribution < -0.4 is 10.6 Å². The minimum absolute atomic E-state index is 0.188.